The molecule has 0 spiro atoms. The van der Waals surface area contributed by atoms with Gasteiger partial charge in [-0.1, -0.05) is 30.9 Å². The number of hydrogen-bond donors (Lipinski definition) is 2. The predicted molar refractivity (Wildman–Crippen MR) is 79.0 cm³/mol. The first-order valence-corrected chi connectivity index (χ1v) is 8.28. The molecule has 1 aromatic rings. The average Bonchev–Trinajstić information content (AvgIpc) is 2.48. The van der Waals surface area contributed by atoms with E-state index in [2.05, 4.69) is 11.8 Å². The van der Waals surface area contributed by atoms with Crippen LogP contribution in [-0.4, -0.2) is 48.7 Å². The minimum Gasteiger partial charge on any atom is -0.393 e. The monoisotopic (exact) mass is 309 g/mol. The van der Waals surface area contributed by atoms with Gasteiger partial charge in [-0.25, -0.2) is 8.42 Å². The van der Waals surface area contributed by atoms with E-state index in [1.807, 2.05) is 6.92 Å². The van der Waals surface area contributed by atoms with E-state index in [-0.39, 0.29) is 17.4 Å². The standard InChI is InChI=1S/C15H19NO4S/c1-12-11-16(9-8-14(12)18)21(19,20)15-7-3-2-5-13(15)6-4-10-17/h2-3,5,7,12,14,17-18H,8-11H2,1H3. The molecule has 0 saturated carbocycles. The third-order valence-corrected chi connectivity index (χ3v) is 5.55. The molecule has 1 heterocycles. The Kier molecular flexibility index (Phi) is 5.01. The molecule has 0 amide bonds. The first-order valence-electron chi connectivity index (χ1n) is 6.83. The number of aliphatic hydroxyl groups is 2. The van der Waals surface area contributed by atoms with Gasteiger partial charge in [0.25, 0.3) is 0 Å². The Bertz CT molecular complexity index is 660. The number of sulfonamides is 1. The zero-order chi connectivity index (χ0) is 15.5. The molecule has 1 aliphatic heterocycles. The molecule has 0 aromatic heterocycles. The summed E-state index contributed by atoms with van der Waals surface area (Å²) in [6, 6.07) is 6.51. The summed E-state index contributed by atoms with van der Waals surface area (Å²) in [6.45, 7) is 2.12. The molecular weight excluding hydrogens is 290 g/mol. The third-order valence-electron chi connectivity index (χ3n) is 3.63. The van der Waals surface area contributed by atoms with E-state index in [1.165, 1.54) is 10.4 Å². The Labute approximate surface area is 125 Å². The van der Waals surface area contributed by atoms with Crippen LogP contribution in [0.15, 0.2) is 29.2 Å². The molecule has 2 unspecified atom stereocenters. The van der Waals surface area contributed by atoms with Gasteiger partial charge in [-0.05, 0) is 24.5 Å². The minimum atomic E-state index is -3.64. The van der Waals surface area contributed by atoms with E-state index in [1.54, 1.807) is 18.2 Å². The van der Waals surface area contributed by atoms with Gasteiger partial charge in [-0.3, -0.25) is 0 Å². The Morgan fingerprint density at radius 2 is 2.10 bits per heavy atom. The number of hydrogen-bond acceptors (Lipinski definition) is 4. The van der Waals surface area contributed by atoms with Crippen LogP contribution >= 0.6 is 0 Å². The van der Waals surface area contributed by atoms with Gasteiger partial charge in [0.05, 0.1) is 11.0 Å². The van der Waals surface area contributed by atoms with Crippen molar-refractivity contribution in [3.63, 3.8) is 0 Å². The molecular formula is C15H19NO4S. The molecule has 6 heteroatoms. The summed E-state index contributed by atoms with van der Waals surface area (Å²) in [7, 11) is -3.64. The Hall–Kier alpha value is -1.39. The van der Waals surface area contributed by atoms with E-state index in [4.69, 9.17) is 5.11 Å². The van der Waals surface area contributed by atoms with Gasteiger partial charge in [0.15, 0.2) is 0 Å². The van der Waals surface area contributed by atoms with Gasteiger partial charge in [0.2, 0.25) is 10.0 Å². The predicted octanol–water partition coefficient (Wildman–Crippen LogP) is 0.422. The van der Waals surface area contributed by atoms with Crippen molar-refractivity contribution < 1.29 is 18.6 Å². The first-order chi connectivity index (χ1) is 9.96. The second kappa shape index (κ2) is 6.58. The summed E-state index contributed by atoms with van der Waals surface area (Å²) in [5.74, 6) is 5.06. The highest BCUT2D eigenvalue weighted by atomic mass is 32.2. The quantitative estimate of drug-likeness (QED) is 0.776. The van der Waals surface area contributed by atoms with E-state index in [0.29, 0.717) is 25.1 Å². The lowest BCUT2D eigenvalue weighted by molar-refractivity contribution is 0.0628. The summed E-state index contributed by atoms with van der Waals surface area (Å²) < 4.78 is 26.9. The van der Waals surface area contributed by atoms with Crippen LogP contribution < -0.4 is 0 Å². The van der Waals surface area contributed by atoms with E-state index in [0.717, 1.165) is 0 Å². The molecule has 1 aliphatic rings. The first kappa shape index (κ1) is 16.0. The maximum atomic E-state index is 12.7. The number of aliphatic hydroxyl groups excluding tert-OH is 2. The largest absolute Gasteiger partial charge is 0.393 e. The number of nitrogens with zero attached hydrogens (tertiary/aromatic N) is 1. The highest BCUT2D eigenvalue weighted by molar-refractivity contribution is 7.89. The normalized spacial score (nSPS) is 23.4. The van der Waals surface area contributed by atoms with Gasteiger partial charge in [-0.2, -0.15) is 4.31 Å². The molecule has 0 aliphatic carbocycles. The topological polar surface area (TPSA) is 77.8 Å². The molecule has 1 fully saturated rings. The second-order valence-corrected chi connectivity index (χ2v) is 7.06. The molecule has 5 nitrogen and oxygen atoms in total. The fraction of sp³-hybridized carbons (Fsp3) is 0.467. The highest BCUT2D eigenvalue weighted by Crippen LogP contribution is 2.25. The molecule has 21 heavy (non-hydrogen) atoms. The summed E-state index contributed by atoms with van der Waals surface area (Å²) in [4.78, 5) is 0.148. The summed E-state index contributed by atoms with van der Waals surface area (Å²) in [6.07, 6.45) is -0.0221. The van der Waals surface area contributed by atoms with E-state index in [9.17, 15) is 13.5 Å². The fourth-order valence-electron chi connectivity index (χ4n) is 2.38. The number of rotatable bonds is 2. The molecule has 0 radical (unpaired) electrons. The second-order valence-electron chi connectivity index (χ2n) is 5.15. The fourth-order valence-corrected chi connectivity index (χ4v) is 4.08. The van der Waals surface area contributed by atoms with Crippen LogP contribution in [0.4, 0.5) is 0 Å². The third kappa shape index (κ3) is 3.44. The van der Waals surface area contributed by atoms with Gasteiger partial charge in [-0.15, -0.1) is 0 Å². The smallest absolute Gasteiger partial charge is 0.244 e. The zero-order valence-corrected chi connectivity index (χ0v) is 12.7. The van der Waals surface area contributed by atoms with Crippen molar-refractivity contribution in [2.24, 2.45) is 5.92 Å². The van der Waals surface area contributed by atoms with Crippen LogP contribution in [0, 0.1) is 17.8 Å². The average molecular weight is 309 g/mol. The highest BCUT2D eigenvalue weighted by Gasteiger charge is 2.33. The van der Waals surface area contributed by atoms with Gasteiger partial charge in [0.1, 0.15) is 6.61 Å². The molecule has 114 valence electrons. The van der Waals surface area contributed by atoms with Crippen LogP contribution in [0.25, 0.3) is 0 Å². The van der Waals surface area contributed by atoms with Crippen LogP contribution in [0.5, 0.6) is 0 Å². The molecule has 1 aromatic carbocycles. The maximum Gasteiger partial charge on any atom is 0.244 e. The lowest BCUT2D eigenvalue weighted by Gasteiger charge is -2.33. The van der Waals surface area contributed by atoms with Gasteiger partial charge in [0, 0.05) is 18.7 Å². The van der Waals surface area contributed by atoms with Crippen LogP contribution in [0.1, 0.15) is 18.9 Å². The maximum absolute atomic E-state index is 12.7. The molecule has 0 bridgehead atoms. The molecule has 2 N–H and O–H groups in total. The van der Waals surface area contributed by atoms with Crippen LogP contribution in [-0.2, 0) is 10.0 Å². The van der Waals surface area contributed by atoms with Crippen molar-refractivity contribution in [2.45, 2.75) is 24.3 Å². The molecule has 2 atom stereocenters. The SMILES string of the molecule is CC1CN(S(=O)(=O)c2ccccc2C#CCO)CCC1O. The van der Waals surface area contributed by atoms with E-state index < -0.39 is 16.1 Å². The molecule has 1 saturated heterocycles. The van der Waals surface area contributed by atoms with Crippen molar-refractivity contribution in [1.82, 2.24) is 4.31 Å². The van der Waals surface area contributed by atoms with Crippen molar-refractivity contribution in [3.8, 4) is 11.8 Å². The van der Waals surface area contributed by atoms with E-state index >= 15 is 0 Å². The summed E-state index contributed by atoms with van der Waals surface area (Å²) >= 11 is 0. The van der Waals surface area contributed by atoms with Gasteiger partial charge >= 0.3 is 0 Å². The number of piperidine rings is 1. The molecule has 2 rings (SSSR count). The minimum absolute atomic E-state index is 0.0933. The lowest BCUT2D eigenvalue weighted by Crippen LogP contribution is -2.45. The number of benzene rings is 1. The van der Waals surface area contributed by atoms with Crippen molar-refractivity contribution in [3.05, 3.63) is 29.8 Å². The summed E-state index contributed by atoms with van der Waals surface area (Å²) in [5, 5.41) is 18.5. The Morgan fingerprint density at radius 1 is 1.38 bits per heavy atom. The van der Waals surface area contributed by atoms with Gasteiger partial charge < -0.3 is 10.2 Å². The van der Waals surface area contributed by atoms with Crippen LogP contribution in [0.3, 0.4) is 0 Å². The van der Waals surface area contributed by atoms with Crippen molar-refractivity contribution in [1.29, 1.82) is 0 Å². The van der Waals surface area contributed by atoms with Crippen molar-refractivity contribution in [2.75, 3.05) is 19.7 Å². The Morgan fingerprint density at radius 3 is 2.76 bits per heavy atom. The Balaban J connectivity index is 2.36. The lowest BCUT2D eigenvalue weighted by atomic mass is 9.99. The summed E-state index contributed by atoms with van der Waals surface area (Å²) in [5.41, 5.74) is 0.380. The zero-order valence-electron chi connectivity index (χ0n) is 11.9. The van der Waals surface area contributed by atoms with Crippen LogP contribution in [0.2, 0.25) is 0 Å². The van der Waals surface area contributed by atoms with Crippen molar-refractivity contribution >= 4 is 10.0 Å².